The van der Waals surface area contributed by atoms with Crippen LogP contribution in [0.2, 0.25) is 0 Å². The van der Waals surface area contributed by atoms with E-state index in [1.54, 1.807) is 0 Å². The summed E-state index contributed by atoms with van der Waals surface area (Å²) in [7, 11) is 0. The number of hydrogen-bond acceptors (Lipinski definition) is 7. The van der Waals surface area contributed by atoms with Crippen LogP contribution in [-0.4, -0.2) is 61.9 Å². The Morgan fingerprint density at radius 2 is 1.78 bits per heavy atom. The first-order valence-corrected chi connectivity index (χ1v) is 13.8. The second-order valence-corrected chi connectivity index (χ2v) is 10.0. The largest absolute Gasteiger partial charge is 0.433 e. The van der Waals surface area contributed by atoms with Crippen molar-refractivity contribution in [2.24, 2.45) is 0 Å². The molecule has 0 unspecified atom stereocenters. The third kappa shape index (κ3) is 6.27. The Morgan fingerprint density at radius 3 is 2.46 bits per heavy atom. The Bertz CT molecular complexity index is 1550. The van der Waals surface area contributed by atoms with Crippen LogP contribution >= 0.6 is 0 Å². The van der Waals surface area contributed by atoms with Crippen LogP contribution in [0.25, 0.3) is 16.9 Å². The zero-order chi connectivity index (χ0) is 29.0. The zero-order valence-electron chi connectivity index (χ0n) is 22.9. The summed E-state index contributed by atoms with van der Waals surface area (Å²) < 4.78 is 42.6. The number of pyridine rings is 1. The quantitative estimate of drug-likeness (QED) is 0.208. The highest BCUT2D eigenvalue weighted by atomic mass is 19.4. The van der Waals surface area contributed by atoms with Gasteiger partial charge in [-0.1, -0.05) is 31.9 Å². The smallest absolute Gasteiger partial charge is 0.369 e. The highest BCUT2D eigenvalue weighted by Crippen LogP contribution is 2.28. The van der Waals surface area contributed by atoms with Crippen LogP contribution in [0.4, 0.5) is 30.5 Å². The molecule has 0 aliphatic carbocycles. The number of aromatic nitrogens is 5. The standard InChI is InChI=1S/C29H33F3N8O/c1-3-5-6-15-37-16-18-38(19-17-37)22-12-10-21(11-13-22)34-28-33-20-23-26(36-28)40(39(14-4-2)27(23)41)25-9-7-8-24(35-25)29(30,31)32/h4,7-13,20H,2-3,5-6,14-19H2,1H3,(H,33,34,36). The number of hydrogen-bond donors (Lipinski definition) is 1. The Kier molecular flexibility index (Phi) is 8.39. The van der Waals surface area contributed by atoms with Crippen LogP contribution in [0.15, 0.2) is 66.1 Å². The molecule has 1 saturated heterocycles. The molecule has 0 radical (unpaired) electrons. The van der Waals surface area contributed by atoms with Crippen molar-refractivity contribution < 1.29 is 13.2 Å². The SMILES string of the molecule is C=CCn1c(=O)c2cnc(Nc3ccc(N4CCN(CCCCC)CC4)cc3)nc2n1-c1cccc(C(F)(F)F)n1. The van der Waals surface area contributed by atoms with Gasteiger partial charge < -0.3 is 10.2 Å². The van der Waals surface area contributed by atoms with Crippen molar-refractivity contribution in [1.82, 2.24) is 29.2 Å². The van der Waals surface area contributed by atoms with Gasteiger partial charge in [0.1, 0.15) is 11.1 Å². The number of nitrogens with zero attached hydrogens (tertiary/aromatic N) is 7. The number of benzene rings is 1. The monoisotopic (exact) mass is 566 g/mol. The fourth-order valence-corrected chi connectivity index (χ4v) is 5.01. The summed E-state index contributed by atoms with van der Waals surface area (Å²) in [5.74, 6) is 0.107. The van der Waals surface area contributed by atoms with Crippen molar-refractivity contribution in [3.8, 4) is 5.82 Å². The lowest BCUT2D eigenvalue weighted by Crippen LogP contribution is -2.46. The van der Waals surface area contributed by atoms with E-state index < -0.39 is 17.4 Å². The molecule has 0 spiro atoms. The van der Waals surface area contributed by atoms with Gasteiger partial charge in [0, 0.05) is 43.8 Å². The van der Waals surface area contributed by atoms with Gasteiger partial charge in [-0.3, -0.25) is 9.69 Å². The molecule has 4 aromatic rings. The Labute approximate surface area is 235 Å². The van der Waals surface area contributed by atoms with Crippen LogP contribution in [0.1, 0.15) is 31.9 Å². The fraction of sp³-hybridized carbons (Fsp3) is 0.379. The van der Waals surface area contributed by atoms with Crippen LogP contribution in [-0.2, 0) is 12.7 Å². The summed E-state index contributed by atoms with van der Waals surface area (Å²) in [6.45, 7) is 11.1. The summed E-state index contributed by atoms with van der Waals surface area (Å²) in [5, 5.41) is 3.30. The molecule has 0 saturated carbocycles. The normalized spacial score (nSPS) is 14.5. The lowest BCUT2D eigenvalue weighted by molar-refractivity contribution is -0.141. The average molecular weight is 567 g/mol. The molecule has 1 aliphatic heterocycles. The molecule has 12 heteroatoms. The second-order valence-electron chi connectivity index (χ2n) is 10.0. The first-order valence-electron chi connectivity index (χ1n) is 13.8. The fourth-order valence-electron chi connectivity index (χ4n) is 5.01. The topological polar surface area (TPSA) is 84.1 Å². The number of halogens is 3. The number of rotatable bonds is 10. The molecule has 0 atom stereocenters. The van der Waals surface area contributed by atoms with Gasteiger partial charge in [0.15, 0.2) is 11.5 Å². The van der Waals surface area contributed by atoms with Gasteiger partial charge in [-0.2, -0.15) is 18.2 Å². The number of unbranched alkanes of at least 4 members (excludes halogenated alkanes) is 2. The van der Waals surface area contributed by atoms with Crippen molar-refractivity contribution in [2.45, 2.75) is 38.9 Å². The third-order valence-electron chi connectivity index (χ3n) is 7.16. The van der Waals surface area contributed by atoms with E-state index in [0.717, 1.165) is 50.2 Å². The molecule has 3 aromatic heterocycles. The summed E-state index contributed by atoms with van der Waals surface area (Å²) in [4.78, 5) is 30.5. The number of nitrogens with one attached hydrogen (secondary N) is 1. The molecule has 9 nitrogen and oxygen atoms in total. The van der Waals surface area contributed by atoms with Gasteiger partial charge in [-0.05, 0) is 49.4 Å². The van der Waals surface area contributed by atoms with Gasteiger partial charge in [0.05, 0.1) is 6.54 Å². The molecule has 41 heavy (non-hydrogen) atoms. The molecule has 0 amide bonds. The molecule has 216 valence electrons. The van der Waals surface area contributed by atoms with E-state index in [-0.39, 0.29) is 29.3 Å². The molecular formula is C29H33F3N8O. The number of fused-ring (bicyclic) bond motifs is 1. The van der Waals surface area contributed by atoms with Gasteiger partial charge >= 0.3 is 6.18 Å². The molecular weight excluding hydrogens is 533 g/mol. The Hall–Kier alpha value is -4.19. The minimum Gasteiger partial charge on any atom is -0.369 e. The Morgan fingerprint density at radius 1 is 1.02 bits per heavy atom. The minimum atomic E-state index is -4.64. The van der Waals surface area contributed by atoms with E-state index in [0.29, 0.717) is 0 Å². The molecule has 0 bridgehead atoms. The highest BCUT2D eigenvalue weighted by Gasteiger charge is 2.33. The first kappa shape index (κ1) is 28.3. The maximum Gasteiger partial charge on any atom is 0.433 e. The summed E-state index contributed by atoms with van der Waals surface area (Å²) in [6, 6.07) is 11.5. The second kappa shape index (κ2) is 12.1. The van der Waals surface area contributed by atoms with Crippen LogP contribution in [0.3, 0.4) is 0 Å². The van der Waals surface area contributed by atoms with Crippen LogP contribution < -0.4 is 15.8 Å². The molecule has 1 aliphatic rings. The summed E-state index contributed by atoms with van der Waals surface area (Å²) in [6.07, 6.45) is 1.95. The molecule has 1 aromatic carbocycles. The van der Waals surface area contributed by atoms with Crippen molar-refractivity contribution in [3.63, 3.8) is 0 Å². The lowest BCUT2D eigenvalue weighted by atomic mass is 10.2. The van der Waals surface area contributed by atoms with E-state index in [9.17, 15) is 18.0 Å². The lowest BCUT2D eigenvalue weighted by Gasteiger charge is -2.36. The predicted molar refractivity (Wildman–Crippen MR) is 154 cm³/mol. The summed E-state index contributed by atoms with van der Waals surface area (Å²) >= 11 is 0. The molecule has 1 fully saturated rings. The average Bonchev–Trinajstić information content (AvgIpc) is 3.24. The van der Waals surface area contributed by atoms with E-state index in [4.69, 9.17) is 0 Å². The predicted octanol–water partition coefficient (Wildman–Crippen LogP) is 5.24. The zero-order valence-corrected chi connectivity index (χ0v) is 22.9. The van der Waals surface area contributed by atoms with E-state index in [1.165, 1.54) is 53.0 Å². The van der Waals surface area contributed by atoms with E-state index in [1.807, 2.05) is 24.3 Å². The van der Waals surface area contributed by atoms with Gasteiger partial charge in [0.25, 0.3) is 5.56 Å². The summed E-state index contributed by atoms with van der Waals surface area (Å²) in [5.41, 5.74) is 0.476. The number of piperazine rings is 1. The maximum atomic E-state index is 13.4. The van der Waals surface area contributed by atoms with Crippen molar-refractivity contribution in [2.75, 3.05) is 42.9 Å². The molecule has 1 N–H and O–H groups in total. The van der Waals surface area contributed by atoms with Crippen LogP contribution in [0, 0.1) is 0 Å². The van der Waals surface area contributed by atoms with Crippen molar-refractivity contribution in [1.29, 1.82) is 0 Å². The number of allylic oxidation sites excluding steroid dienone is 1. The minimum absolute atomic E-state index is 0.0460. The van der Waals surface area contributed by atoms with Crippen molar-refractivity contribution >= 4 is 28.4 Å². The van der Waals surface area contributed by atoms with Crippen molar-refractivity contribution in [3.05, 3.63) is 77.4 Å². The maximum absolute atomic E-state index is 13.4. The molecule has 5 rings (SSSR count). The first-order chi connectivity index (χ1) is 19.8. The molecule has 4 heterocycles. The van der Waals surface area contributed by atoms with Gasteiger partial charge in [0.2, 0.25) is 5.95 Å². The highest BCUT2D eigenvalue weighted by molar-refractivity contribution is 5.77. The van der Waals surface area contributed by atoms with Gasteiger partial charge in [-0.15, -0.1) is 6.58 Å². The number of anilines is 3. The number of alkyl halides is 3. The Balaban J connectivity index is 1.37. The van der Waals surface area contributed by atoms with E-state index >= 15 is 0 Å². The van der Waals surface area contributed by atoms with Crippen LogP contribution in [0.5, 0.6) is 0 Å². The third-order valence-corrected chi connectivity index (χ3v) is 7.16. The van der Waals surface area contributed by atoms with Gasteiger partial charge in [-0.25, -0.2) is 19.3 Å². The van der Waals surface area contributed by atoms with E-state index in [2.05, 4.69) is 43.6 Å².